The van der Waals surface area contributed by atoms with E-state index in [4.69, 9.17) is 16.9 Å². The maximum absolute atomic E-state index is 11.9. The van der Waals surface area contributed by atoms with Crippen molar-refractivity contribution in [3.63, 3.8) is 0 Å². The molecule has 0 saturated carbocycles. The Labute approximate surface area is 104 Å². The van der Waals surface area contributed by atoms with E-state index in [0.717, 1.165) is 10.9 Å². The quantitative estimate of drug-likeness (QED) is 0.781. The van der Waals surface area contributed by atoms with Crippen LogP contribution in [0.1, 0.15) is 23.2 Å². The molecule has 0 aliphatic heterocycles. The number of alkyl halides is 1. The van der Waals surface area contributed by atoms with Crippen molar-refractivity contribution < 1.29 is 4.79 Å². The van der Waals surface area contributed by atoms with Gasteiger partial charge in [-0.25, -0.2) is 0 Å². The van der Waals surface area contributed by atoms with Gasteiger partial charge in [0.15, 0.2) is 0 Å². The van der Waals surface area contributed by atoms with E-state index in [1.807, 2.05) is 6.07 Å². The normalized spacial score (nSPS) is 10.4. The van der Waals surface area contributed by atoms with E-state index in [0.29, 0.717) is 24.3 Å². The molecule has 0 fully saturated rings. The van der Waals surface area contributed by atoms with Crippen LogP contribution in [0.4, 0.5) is 0 Å². The lowest BCUT2D eigenvalue weighted by molar-refractivity contribution is 0.0907. The summed E-state index contributed by atoms with van der Waals surface area (Å²) in [7, 11) is 0. The van der Waals surface area contributed by atoms with Crippen molar-refractivity contribution in [1.82, 2.24) is 4.57 Å². The van der Waals surface area contributed by atoms with Crippen LogP contribution in [0.25, 0.3) is 10.9 Å². The Balaban J connectivity index is 2.37. The molecule has 0 spiro atoms. The molecule has 3 nitrogen and oxygen atoms in total. The fraction of sp³-hybridized carbons (Fsp3) is 0.231. The number of rotatable bonds is 3. The molecule has 0 aliphatic rings. The fourth-order valence-corrected chi connectivity index (χ4v) is 1.90. The van der Waals surface area contributed by atoms with Gasteiger partial charge in [-0.15, -0.1) is 11.6 Å². The molecule has 0 atom stereocenters. The Morgan fingerprint density at radius 1 is 1.41 bits per heavy atom. The standard InChI is InChI=1S/C13H11ClN2O/c14-6-1-2-13(17)16-7-5-11-8-10(9-15)3-4-12(11)16/h3-5,7-8H,1-2,6H2. The highest BCUT2D eigenvalue weighted by molar-refractivity contribution is 6.17. The van der Waals surface area contributed by atoms with Crippen molar-refractivity contribution in [2.45, 2.75) is 12.8 Å². The Kier molecular flexibility index (Phi) is 3.46. The zero-order valence-electron chi connectivity index (χ0n) is 9.19. The van der Waals surface area contributed by atoms with Gasteiger partial charge in [0.05, 0.1) is 17.1 Å². The molecular weight excluding hydrogens is 236 g/mol. The smallest absolute Gasteiger partial charge is 0.231 e. The third kappa shape index (κ3) is 2.32. The Morgan fingerprint density at radius 3 is 2.94 bits per heavy atom. The number of hydrogen-bond acceptors (Lipinski definition) is 2. The highest BCUT2D eigenvalue weighted by Crippen LogP contribution is 2.18. The van der Waals surface area contributed by atoms with Crippen LogP contribution >= 0.6 is 11.6 Å². The van der Waals surface area contributed by atoms with E-state index in [1.165, 1.54) is 0 Å². The Bertz CT molecular complexity index is 595. The number of benzene rings is 1. The molecule has 17 heavy (non-hydrogen) atoms. The van der Waals surface area contributed by atoms with Gasteiger partial charge in [0.2, 0.25) is 5.91 Å². The first-order chi connectivity index (χ1) is 8.26. The Hall–Kier alpha value is -1.79. The van der Waals surface area contributed by atoms with Crippen molar-refractivity contribution in [1.29, 1.82) is 5.26 Å². The third-order valence-corrected chi connectivity index (χ3v) is 2.88. The molecule has 0 N–H and O–H groups in total. The molecule has 0 radical (unpaired) electrons. The molecule has 1 aromatic heterocycles. The number of fused-ring (bicyclic) bond motifs is 1. The predicted octanol–water partition coefficient (Wildman–Crippen LogP) is 3.17. The summed E-state index contributed by atoms with van der Waals surface area (Å²) < 4.78 is 1.61. The summed E-state index contributed by atoms with van der Waals surface area (Å²) in [5.41, 5.74) is 1.44. The number of halogens is 1. The summed E-state index contributed by atoms with van der Waals surface area (Å²) in [4.78, 5) is 11.9. The monoisotopic (exact) mass is 246 g/mol. The minimum Gasteiger partial charge on any atom is -0.287 e. The molecule has 2 aromatic rings. The summed E-state index contributed by atoms with van der Waals surface area (Å²) in [6.45, 7) is 0. The maximum atomic E-state index is 11.9. The van der Waals surface area contributed by atoms with E-state index in [2.05, 4.69) is 6.07 Å². The van der Waals surface area contributed by atoms with E-state index in [1.54, 1.807) is 29.0 Å². The van der Waals surface area contributed by atoms with E-state index in [9.17, 15) is 4.79 Å². The number of hydrogen-bond donors (Lipinski definition) is 0. The summed E-state index contributed by atoms with van der Waals surface area (Å²) in [5.74, 6) is 0.522. The van der Waals surface area contributed by atoms with Crippen molar-refractivity contribution in [3.05, 3.63) is 36.0 Å². The summed E-state index contributed by atoms with van der Waals surface area (Å²) >= 11 is 5.57. The maximum Gasteiger partial charge on any atom is 0.231 e. The van der Waals surface area contributed by atoms with Crippen molar-refractivity contribution >= 4 is 28.4 Å². The molecule has 1 heterocycles. The second kappa shape index (κ2) is 5.03. The van der Waals surface area contributed by atoms with Crippen LogP contribution in [0.15, 0.2) is 30.5 Å². The van der Waals surface area contributed by atoms with Gasteiger partial charge in [-0.1, -0.05) is 0 Å². The first-order valence-electron chi connectivity index (χ1n) is 5.36. The topological polar surface area (TPSA) is 45.8 Å². The molecule has 0 amide bonds. The highest BCUT2D eigenvalue weighted by atomic mass is 35.5. The number of carbonyl (C=O) groups is 1. The number of aromatic nitrogens is 1. The van der Waals surface area contributed by atoms with Crippen molar-refractivity contribution in [2.75, 3.05) is 5.88 Å². The summed E-state index contributed by atoms with van der Waals surface area (Å²) in [6, 6.07) is 9.21. The zero-order chi connectivity index (χ0) is 12.3. The number of carbonyl (C=O) groups excluding carboxylic acids is 1. The van der Waals surface area contributed by atoms with Crippen molar-refractivity contribution in [2.24, 2.45) is 0 Å². The van der Waals surface area contributed by atoms with Crippen LogP contribution in [-0.4, -0.2) is 16.4 Å². The van der Waals surface area contributed by atoms with Crippen LogP contribution in [0, 0.1) is 11.3 Å². The first-order valence-corrected chi connectivity index (χ1v) is 5.90. The van der Waals surface area contributed by atoms with E-state index in [-0.39, 0.29) is 5.91 Å². The fourth-order valence-electron chi connectivity index (χ4n) is 1.77. The van der Waals surface area contributed by atoms with Crippen LogP contribution in [0.3, 0.4) is 0 Å². The van der Waals surface area contributed by atoms with Crippen LogP contribution in [-0.2, 0) is 0 Å². The molecule has 0 unspecified atom stereocenters. The molecule has 0 saturated heterocycles. The van der Waals surface area contributed by atoms with Gasteiger partial charge in [0, 0.05) is 23.9 Å². The van der Waals surface area contributed by atoms with Crippen LogP contribution < -0.4 is 0 Å². The molecule has 1 aromatic carbocycles. The van der Waals surface area contributed by atoms with E-state index < -0.39 is 0 Å². The molecule has 0 bridgehead atoms. The lowest BCUT2D eigenvalue weighted by Gasteiger charge is -2.02. The Morgan fingerprint density at radius 2 is 2.24 bits per heavy atom. The molecule has 86 valence electrons. The number of nitrogens with zero attached hydrogens (tertiary/aromatic N) is 2. The minimum absolute atomic E-state index is 0.0327. The van der Waals surface area contributed by atoms with E-state index >= 15 is 0 Å². The summed E-state index contributed by atoms with van der Waals surface area (Å²) in [6.07, 6.45) is 2.85. The van der Waals surface area contributed by atoms with Crippen LogP contribution in [0.2, 0.25) is 0 Å². The van der Waals surface area contributed by atoms with Crippen molar-refractivity contribution in [3.8, 4) is 6.07 Å². The second-order valence-corrected chi connectivity index (χ2v) is 4.14. The number of nitriles is 1. The molecule has 4 heteroatoms. The largest absolute Gasteiger partial charge is 0.287 e. The first kappa shape index (κ1) is 11.7. The summed E-state index contributed by atoms with van der Waals surface area (Å²) in [5, 5.41) is 9.70. The molecule has 0 aliphatic carbocycles. The SMILES string of the molecule is N#Cc1ccc2c(ccn2C(=O)CCCCl)c1. The highest BCUT2D eigenvalue weighted by Gasteiger charge is 2.08. The lowest BCUT2D eigenvalue weighted by Crippen LogP contribution is -2.08. The zero-order valence-corrected chi connectivity index (χ0v) is 9.94. The second-order valence-electron chi connectivity index (χ2n) is 3.76. The molecule has 2 rings (SSSR count). The minimum atomic E-state index is 0.0327. The average molecular weight is 247 g/mol. The lowest BCUT2D eigenvalue weighted by atomic mass is 10.2. The van der Waals surface area contributed by atoms with Gasteiger partial charge in [-0.05, 0) is 30.7 Å². The van der Waals surface area contributed by atoms with Gasteiger partial charge in [0.25, 0.3) is 0 Å². The molecular formula is C13H11ClN2O. The third-order valence-electron chi connectivity index (χ3n) is 2.61. The van der Waals surface area contributed by atoms with Crippen LogP contribution in [0.5, 0.6) is 0 Å². The van der Waals surface area contributed by atoms with Gasteiger partial charge in [-0.3, -0.25) is 9.36 Å². The predicted molar refractivity (Wildman–Crippen MR) is 67.2 cm³/mol. The average Bonchev–Trinajstić information content (AvgIpc) is 2.78. The van der Waals surface area contributed by atoms with Gasteiger partial charge in [0.1, 0.15) is 0 Å². The van der Waals surface area contributed by atoms with Gasteiger partial charge in [-0.2, -0.15) is 5.26 Å². The van der Waals surface area contributed by atoms with Gasteiger partial charge >= 0.3 is 0 Å². The van der Waals surface area contributed by atoms with Gasteiger partial charge < -0.3 is 0 Å².